The summed E-state index contributed by atoms with van der Waals surface area (Å²) >= 11 is 0. The molecule has 0 aromatic heterocycles. The fourth-order valence-electron chi connectivity index (χ4n) is 4.76. The third-order valence-corrected chi connectivity index (χ3v) is 5.34. The highest BCUT2D eigenvalue weighted by Gasteiger charge is 2.45. The topological polar surface area (TPSA) is 30.5 Å². The van der Waals surface area contributed by atoms with Gasteiger partial charge in [-0.15, -0.1) is 0 Å². The molecule has 1 aliphatic carbocycles. The molecule has 1 saturated carbocycles. The molecule has 2 rings (SSSR count). The minimum atomic E-state index is -0.0107. The van der Waals surface area contributed by atoms with Crippen LogP contribution in [0.1, 0.15) is 52.9 Å². The molecule has 0 bridgehead atoms. The summed E-state index contributed by atoms with van der Waals surface area (Å²) in [5, 5.41) is 3.63. The van der Waals surface area contributed by atoms with Crippen LogP contribution in [0.4, 0.5) is 0 Å². The molecule has 3 heteroatoms. The molecule has 20 heavy (non-hydrogen) atoms. The summed E-state index contributed by atoms with van der Waals surface area (Å²) in [6.07, 6.45) is 6.13. The fourth-order valence-corrected chi connectivity index (χ4v) is 4.76. The van der Waals surface area contributed by atoms with Crippen molar-refractivity contribution in [1.29, 1.82) is 0 Å². The lowest BCUT2D eigenvalue weighted by Gasteiger charge is -2.48. The number of hydrogen-bond acceptors (Lipinski definition) is 3. The second-order valence-electron chi connectivity index (χ2n) is 7.05. The quantitative estimate of drug-likeness (QED) is 0.840. The Hall–Kier alpha value is -0.120. The van der Waals surface area contributed by atoms with Crippen molar-refractivity contribution in [3.63, 3.8) is 0 Å². The second kappa shape index (κ2) is 7.24. The van der Waals surface area contributed by atoms with Gasteiger partial charge in [-0.25, -0.2) is 0 Å². The molecule has 0 aromatic carbocycles. The monoisotopic (exact) mass is 283 g/mol. The molecule has 0 aromatic rings. The third kappa shape index (κ3) is 3.55. The van der Waals surface area contributed by atoms with Crippen molar-refractivity contribution in [2.24, 2.45) is 17.8 Å². The molecule has 0 radical (unpaired) electrons. The van der Waals surface area contributed by atoms with Gasteiger partial charge >= 0.3 is 0 Å². The summed E-state index contributed by atoms with van der Waals surface area (Å²) in [6.45, 7) is 9.43. The van der Waals surface area contributed by atoms with Crippen LogP contribution in [-0.2, 0) is 9.47 Å². The maximum atomic E-state index is 6.30. The van der Waals surface area contributed by atoms with E-state index in [0.717, 1.165) is 50.4 Å². The summed E-state index contributed by atoms with van der Waals surface area (Å²) in [5.74, 6) is 2.43. The van der Waals surface area contributed by atoms with Crippen molar-refractivity contribution in [3.8, 4) is 0 Å². The molecule has 0 amide bonds. The van der Waals surface area contributed by atoms with Gasteiger partial charge in [0.15, 0.2) is 0 Å². The maximum Gasteiger partial charge on any atom is 0.0880 e. The molecule has 3 unspecified atom stereocenters. The van der Waals surface area contributed by atoms with E-state index in [1.165, 1.54) is 19.3 Å². The third-order valence-electron chi connectivity index (χ3n) is 5.34. The molecule has 2 aliphatic rings. The van der Waals surface area contributed by atoms with Gasteiger partial charge in [-0.1, -0.05) is 13.8 Å². The van der Waals surface area contributed by atoms with Crippen LogP contribution in [0.25, 0.3) is 0 Å². The Kier molecular flexibility index (Phi) is 5.88. The van der Waals surface area contributed by atoms with E-state index in [2.05, 4.69) is 33.1 Å². The van der Waals surface area contributed by atoms with E-state index in [0.29, 0.717) is 6.04 Å². The van der Waals surface area contributed by atoms with Crippen LogP contribution in [0.15, 0.2) is 0 Å². The Balaban J connectivity index is 2.14. The van der Waals surface area contributed by atoms with Gasteiger partial charge in [0.1, 0.15) is 0 Å². The van der Waals surface area contributed by atoms with E-state index in [9.17, 15) is 0 Å². The van der Waals surface area contributed by atoms with Crippen molar-refractivity contribution in [1.82, 2.24) is 5.32 Å². The van der Waals surface area contributed by atoms with E-state index in [-0.39, 0.29) is 5.60 Å². The first kappa shape index (κ1) is 16.3. The van der Waals surface area contributed by atoms with Gasteiger partial charge in [0.05, 0.1) is 5.60 Å². The van der Waals surface area contributed by atoms with Crippen molar-refractivity contribution < 1.29 is 9.47 Å². The number of rotatable bonds is 5. The lowest BCUT2D eigenvalue weighted by atomic mass is 9.68. The summed E-state index contributed by atoms with van der Waals surface area (Å²) in [4.78, 5) is 0. The van der Waals surface area contributed by atoms with Crippen molar-refractivity contribution >= 4 is 0 Å². The number of likely N-dealkylation sites (N-methyl/N-ethyl adjacent to an activating group) is 1. The predicted octanol–water partition coefficient (Wildman–Crippen LogP) is 3.23. The highest BCUT2D eigenvalue weighted by molar-refractivity contribution is 4.99. The van der Waals surface area contributed by atoms with Gasteiger partial charge in [0.2, 0.25) is 0 Å². The van der Waals surface area contributed by atoms with Gasteiger partial charge in [0.25, 0.3) is 0 Å². The summed E-state index contributed by atoms with van der Waals surface area (Å²) in [6, 6.07) is 0.469. The lowest BCUT2D eigenvalue weighted by molar-refractivity contribution is -0.139. The smallest absolute Gasteiger partial charge is 0.0880 e. The van der Waals surface area contributed by atoms with Gasteiger partial charge in [-0.3, -0.25) is 0 Å². The zero-order chi connectivity index (χ0) is 14.6. The fraction of sp³-hybridized carbons (Fsp3) is 1.00. The molecule has 1 heterocycles. The van der Waals surface area contributed by atoms with E-state index in [1.807, 2.05) is 0 Å². The molecule has 3 atom stereocenters. The van der Waals surface area contributed by atoms with Gasteiger partial charge in [0, 0.05) is 38.7 Å². The van der Waals surface area contributed by atoms with Crippen LogP contribution in [-0.4, -0.2) is 38.5 Å². The Bertz CT molecular complexity index is 273. The van der Waals surface area contributed by atoms with Crippen LogP contribution in [0.3, 0.4) is 0 Å². The molecule has 2 fully saturated rings. The van der Waals surface area contributed by atoms with Crippen molar-refractivity contribution in [2.75, 3.05) is 26.9 Å². The summed E-state index contributed by atoms with van der Waals surface area (Å²) < 4.78 is 11.9. The van der Waals surface area contributed by atoms with Crippen molar-refractivity contribution in [2.45, 2.75) is 64.5 Å². The Morgan fingerprint density at radius 1 is 1.15 bits per heavy atom. The van der Waals surface area contributed by atoms with E-state index in [4.69, 9.17) is 9.47 Å². The van der Waals surface area contributed by atoms with Gasteiger partial charge in [-0.2, -0.15) is 0 Å². The number of hydrogen-bond donors (Lipinski definition) is 1. The molecule has 1 aliphatic heterocycles. The van der Waals surface area contributed by atoms with Crippen LogP contribution in [0, 0.1) is 17.8 Å². The SMILES string of the molecule is CCOC1(C(NC)C2CC(C)CC(C)C2)CCOCC1. The maximum absolute atomic E-state index is 6.30. The van der Waals surface area contributed by atoms with Crippen LogP contribution in [0.2, 0.25) is 0 Å². The highest BCUT2D eigenvalue weighted by atomic mass is 16.5. The average Bonchev–Trinajstić information content (AvgIpc) is 2.39. The van der Waals surface area contributed by atoms with Crippen LogP contribution in [0.5, 0.6) is 0 Å². The summed E-state index contributed by atoms with van der Waals surface area (Å²) in [5.41, 5.74) is -0.0107. The first-order valence-electron chi connectivity index (χ1n) is 8.50. The zero-order valence-electron chi connectivity index (χ0n) is 13.8. The van der Waals surface area contributed by atoms with Gasteiger partial charge < -0.3 is 14.8 Å². The van der Waals surface area contributed by atoms with E-state index >= 15 is 0 Å². The van der Waals surface area contributed by atoms with Gasteiger partial charge in [-0.05, 0) is 51.0 Å². The first-order chi connectivity index (χ1) is 9.61. The number of nitrogens with one attached hydrogen (secondary N) is 1. The second-order valence-corrected chi connectivity index (χ2v) is 7.05. The first-order valence-corrected chi connectivity index (χ1v) is 8.50. The predicted molar refractivity (Wildman–Crippen MR) is 82.9 cm³/mol. The Morgan fingerprint density at radius 2 is 1.75 bits per heavy atom. The molecule has 3 nitrogen and oxygen atoms in total. The molecule has 1 N–H and O–H groups in total. The standard InChI is InChI=1S/C17H33NO2/c1-5-20-17(6-8-19-9-7-17)16(18-4)15-11-13(2)10-14(3)12-15/h13-16,18H,5-12H2,1-4H3. The van der Waals surface area contributed by atoms with E-state index in [1.54, 1.807) is 0 Å². The largest absolute Gasteiger partial charge is 0.381 e. The number of ether oxygens (including phenoxy) is 2. The Morgan fingerprint density at radius 3 is 2.25 bits per heavy atom. The minimum Gasteiger partial charge on any atom is -0.381 e. The molecule has 1 saturated heterocycles. The molecular weight excluding hydrogens is 250 g/mol. The molecular formula is C17H33NO2. The summed E-state index contributed by atoms with van der Waals surface area (Å²) in [7, 11) is 2.12. The Labute approximate surface area is 124 Å². The lowest BCUT2D eigenvalue weighted by Crippen LogP contribution is -2.58. The molecule has 0 spiro atoms. The highest BCUT2D eigenvalue weighted by Crippen LogP contribution is 2.41. The van der Waals surface area contributed by atoms with Crippen LogP contribution >= 0.6 is 0 Å². The van der Waals surface area contributed by atoms with E-state index < -0.39 is 0 Å². The van der Waals surface area contributed by atoms with Crippen LogP contribution < -0.4 is 5.32 Å². The zero-order valence-corrected chi connectivity index (χ0v) is 13.8. The minimum absolute atomic E-state index is 0.0107. The average molecular weight is 283 g/mol. The molecule has 118 valence electrons. The van der Waals surface area contributed by atoms with Crippen molar-refractivity contribution in [3.05, 3.63) is 0 Å². The normalized spacial score (nSPS) is 35.7.